The molecule has 0 aromatic heterocycles. The van der Waals surface area contributed by atoms with Gasteiger partial charge in [0.2, 0.25) is 5.91 Å². The second kappa shape index (κ2) is 9.14. The minimum Gasteiger partial charge on any atom is -0.351 e. The van der Waals surface area contributed by atoms with Gasteiger partial charge in [0.05, 0.1) is 0 Å². The van der Waals surface area contributed by atoms with Gasteiger partial charge in [0, 0.05) is 36.3 Å². The lowest BCUT2D eigenvalue weighted by atomic mass is 9.92. The van der Waals surface area contributed by atoms with Crippen molar-refractivity contribution < 1.29 is 9.59 Å². The van der Waals surface area contributed by atoms with Gasteiger partial charge in [-0.15, -0.1) is 0 Å². The maximum atomic E-state index is 12.4. The van der Waals surface area contributed by atoms with Gasteiger partial charge in [-0.25, -0.2) is 0 Å². The van der Waals surface area contributed by atoms with E-state index >= 15 is 0 Å². The molecule has 26 heavy (non-hydrogen) atoms. The quantitative estimate of drug-likeness (QED) is 0.725. The third kappa shape index (κ3) is 5.29. The summed E-state index contributed by atoms with van der Waals surface area (Å²) in [7, 11) is 0. The number of amides is 2. The number of nitrogens with one attached hydrogen (secondary N) is 3. The van der Waals surface area contributed by atoms with Crippen molar-refractivity contribution in [2.45, 2.75) is 38.6 Å². The summed E-state index contributed by atoms with van der Waals surface area (Å²) >= 11 is 0. The Morgan fingerprint density at radius 2 is 1.92 bits per heavy atom. The van der Waals surface area contributed by atoms with Crippen LogP contribution >= 0.6 is 0 Å². The van der Waals surface area contributed by atoms with Gasteiger partial charge >= 0.3 is 0 Å². The van der Waals surface area contributed by atoms with E-state index in [0.29, 0.717) is 18.2 Å². The first kappa shape index (κ1) is 18.9. The number of likely N-dealkylation sites (tertiary alicyclic amines) is 1. The third-order valence-electron chi connectivity index (χ3n) is 5.32. The highest BCUT2D eigenvalue weighted by atomic mass is 16.2. The first-order valence-corrected chi connectivity index (χ1v) is 9.76. The van der Waals surface area contributed by atoms with Crippen LogP contribution in [0.25, 0.3) is 0 Å². The Labute approximate surface area is 155 Å². The van der Waals surface area contributed by atoms with E-state index in [0.717, 1.165) is 44.7 Å². The van der Waals surface area contributed by atoms with Crippen molar-refractivity contribution in [2.75, 3.05) is 38.0 Å². The second-order valence-electron chi connectivity index (χ2n) is 7.45. The Morgan fingerprint density at radius 1 is 1.19 bits per heavy atom. The largest absolute Gasteiger partial charge is 0.351 e. The van der Waals surface area contributed by atoms with Crippen LogP contribution in [0.15, 0.2) is 24.3 Å². The molecule has 3 rings (SSSR count). The highest BCUT2D eigenvalue weighted by molar-refractivity contribution is 5.96. The van der Waals surface area contributed by atoms with Gasteiger partial charge in [-0.2, -0.15) is 0 Å². The van der Waals surface area contributed by atoms with E-state index in [1.54, 1.807) is 24.3 Å². The van der Waals surface area contributed by atoms with Crippen LogP contribution in [-0.2, 0) is 4.79 Å². The summed E-state index contributed by atoms with van der Waals surface area (Å²) in [6.07, 6.45) is 4.26. The molecule has 3 N–H and O–H groups in total. The van der Waals surface area contributed by atoms with Crippen molar-refractivity contribution in [3.8, 4) is 0 Å². The van der Waals surface area contributed by atoms with Crippen molar-refractivity contribution in [1.82, 2.24) is 15.5 Å². The summed E-state index contributed by atoms with van der Waals surface area (Å²) in [5.41, 5.74) is 1.37. The number of rotatable bonds is 6. The lowest BCUT2D eigenvalue weighted by Crippen LogP contribution is -2.40. The van der Waals surface area contributed by atoms with Gasteiger partial charge in [0.25, 0.3) is 5.91 Å². The number of carbonyl (C=O) groups excluding carboxylic acids is 2. The molecular weight excluding hydrogens is 328 g/mol. The van der Waals surface area contributed by atoms with Gasteiger partial charge in [-0.05, 0) is 76.5 Å². The Morgan fingerprint density at radius 3 is 2.62 bits per heavy atom. The minimum absolute atomic E-state index is 0.0554. The Kier molecular flexibility index (Phi) is 6.63. The van der Waals surface area contributed by atoms with E-state index in [1.165, 1.54) is 12.8 Å². The van der Waals surface area contributed by atoms with Crippen LogP contribution in [0, 0.1) is 5.92 Å². The molecule has 142 valence electrons. The molecule has 2 heterocycles. The zero-order valence-electron chi connectivity index (χ0n) is 15.6. The second-order valence-corrected chi connectivity index (χ2v) is 7.45. The minimum atomic E-state index is -0.0609. The van der Waals surface area contributed by atoms with Crippen molar-refractivity contribution in [2.24, 2.45) is 5.92 Å². The van der Waals surface area contributed by atoms with E-state index in [2.05, 4.69) is 27.8 Å². The summed E-state index contributed by atoms with van der Waals surface area (Å²) in [6, 6.07) is 7.53. The average molecular weight is 358 g/mol. The molecule has 2 atom stereocenters. The number of anilines is 1. The number of nitrogens with zero attached hydrogens (tertiary/aromatic N) is 1. The molecule has 2 fully saturated rings. The predicted molar refractivity (Wildman–Crippen MR) is 103 cm³/mol. The molecule has 6 heteroatoms. The van der Waals surface area contributed by atoms with Gasteiger partial charge in [-0.3, -0.25) is 9.59 Å². The van der Waals surface area contributed by atoms with Gasteiger partial charge < -0.3 is 20.9 Å². The predicted octanol–water partition coefficient (Wildman–Crippen LogP) is 1.84. The molecule has 2 aliphatic heterocycles. The van der Waals surface area contributed by atoms with E-state index in [1.807, 2.05) is 0 Å². The summed E-state index contributed by atoms with van der Waals surface area (Å²) in [5.74, 6) is 0.0650. The van der Waals surface area contributed by atoms with Crippen molar-refractivity contribution >= 4 is 17.5 Å². The van der Waals surface area contributed by atoms with E-state index in [4.69, 9.17) is 0 Å². The van der Waals surface area contributed by atoms with Crippen molar-refractivity contribution in [3.05, 3.63) is 29.8 Å². The van der Waals surface area contributed by atoms with Crippen LogP contribution in [0.1, 0.15) is 43.0 Å². The van der Waals surface area contributed by atoms with Crippen LogP contribution < -0.4 is 16.0 Å². The molecule has 6 nitrogen and oxygen atoms in total. The molecule has 2 amide bonds. The highest BCUT2D eigenvalue weighted by Crippen LogP contribution is 2.19. The SMILES string of the molecule is C[C@H]1C[C@@H](C(=O)Nc2ccc(C(=O)NCCN3CCCC3)cc2)CCN1. The molecule has 0 spiro atoms. The van der Waals surface area contributed by atoms with E-state index in [9.17, 15) is 9.59 Å². The highest BCUT2D eigenvalue weighted by Gasteiger charge is 2.24. The molecule has 1 aromatic carbocycles. The summed E-state index contributed by atoms with van der Waals surface area (Å²) in [5, 5.41) is 9.30. The van der Waals surface area contributed by atoms with Gasteiger partial charge in [-0.1, -0.05) is 0 Å². The summed E-state index contributed by atoms with van der Waals surface area (Å²) in [4.78, 5) is 27.0. The molecule has 0 radical (unpaired) electrons. The van der Waals surface area contributed by atoms with Crippen LogP contribution in [0.4, 0.5) is 5.69 Å². The zero-order valence-corrected chi connectivity index (χ0v) is 15.6. The lowest BCUT2D eigenvalue weighted by Gasteiger charge is -2.27. The maximum absolute atomic E-state index is 12.4. The number of benzene rings is 1. The van der Waals surface area contributed by atoms with Crippen molar-refractivity contribution in [3.63, 3.8) is 0 Å². The molecule has 1 aromatic rings. The molecule has 0 bridgehead atoms. The topological polar surface area (TPSA) is 73.5 Å². The fourth-order valence-corrected chi connectivity index (χ4v) is 3.76. The van der Waals surface area contributed by atoms with Crippen molar-refractivity contribution in [1.29, 1.82) is 0 Å². The van der Waals surface area contributed by atoms with Crippen LogP contribution in [0.2, 0.25) is 0 Å². The van der Waals surface area contributed by atoms with Gasteiger partial charge in [0.15, 0.2) is 0 Å². The first-order valence-electron chi connectivity index (χ1n) is 9.76. The molecule has 2 aliphatic rings. The average Bonchev–Trinajstić information content (AvgIpc) is 3.15. The van der Waals surface area contributed by atoms with Crippen LogP contribution in [0.5, 0.6) is 0 Å². The Bertz CT molecular complexity index is 611. The van der Waals surface area contributed by atoms with E-state index < -0.39 is 0 Å². The summed E-state index contributed by atoms with van der Waals surface area (Å²) in [6.45, 7) is 6.85. The summed E-state index contributed by atoms with van der Waals surface area (Å²) < 4.78 is 0. The van der Waals surface area contributed by atoms with E-state index in [-0.39, 0.29) is 17.7 Å². The van der Waals surface area contributed by atoms with Gasteiger partial charge in [0.1, 0.15) is 0 Å². The smallest absolute Gasteiger partial charge is 0.251 e. The first-order chi connectivity index (χ1) is 12.6. The zero-order chi connectivity index (χ0) is 18.4. The normalized spacial score (nSPS) is 23.6. The molecule has 2 saturated heterocycles. The number of hydrogen-bond acceptors (Lipinski definition) is 4. The van der Waals surface area contributed by atoms with Crippen LogP contribution in [-0.4, -0.2) is 55.5 Å². The fraction of sp³-hybridized carbons (Fsp3) is 0.600. The monoisotopic (exact) mass is 358 g/mol. The number of piperidine rings is 1. The Hall–Kier alpha value is -1.92. The molecule has 0 aliphatic carbocycles. The molecular formula is C20H30N4O2. The standard InChI is InChI=1S/C20H30N4O2/c1-15-14-17(8-9-21-15)20(26)23-18-6-4-16(5-7-18)19(25)22-10-13-24-11-2-3-12-24/h4-7,15,17,21H,2-3,8-14H2,1H3,(H,22,25)(H,23,26)/t15-,17-/m0/s1. The number of hydrogen-bond donors (Lipinski definition) is 3. The number of carbonyl (C=O) groups is 2. The molecule has 0 saturated carbocycles. The fourth-order valence-electron chi connectivity index (χ4n) is 3.76. The lowest BCUT2D eigenvalue weighted by molar-refractivity contribution is -0.120. The van der Waals surface area contributed by atoms with Crippen LogP contribution in [0.3, 0.4) is 0 Å². The Balaban J connectivity index is 1.44. The molecule has 0 unspecified atom stereocenters. The third-order valence-corrected chi connectivity index (χ3v) is 5.32. The maximum Gasteiger partial charge on any atom is 0.251 e.